The third-order valence-corrected chi connectivity index (χ3v) is 3.11. The van der Waals surface area contributed by atoms with E-state index in [1.807, 2.05) is 60.7 Å². The summed E-state index contributed by atoms with van der Waals surface area (Å²) in [4.78, 5) is -0.794. The minimum Gasteiger partial charge on any atom is -0.759 e. The fourth-order valence-corrected chi connectivity index (χ4v) is 1.78. The predicted octanol–water partition coefficient (Wildman–Crippen LogP) is -1.00. The van der Waals surface area contributed by atoms with Crippen LogP contribution >= 0.6 is 46.4 Å². The molecule has 0 radical (unpaired) electrons. The van der Waals surface area contributed by atoms with E-state index in [1.165, 1.54) is 0 Å². The second kappa shape index (κ2) is 17.6. The Hall–Kier alpha value is 1.47. The predicted molar refractivity (Wildman–Crippen MR) is 92.3 cm³/mol. The maximum Gasteiger partial charge on any atom is 1.00 e. The summed E-state index contributed by atoms with van der Waals surface area (Å²) in [6.07, 6.45) is 0. The van der Waals surface area contributed by atoms with Crippen molar-refractivity contribution in [1.29, 1.82) is 0 Å². The summed E-state index contributed by atoms with van der Waals surface area (Å²) in [7, 11) is -5.17. The maximum atomic E-state index is 8.52. The maximum absolute atomic E-state index is 8.52. The Kier molecular flexibility index (Phi) is 21.9. The van der Waals surface area contributed by atoms with E-state index in [-0.39, 0.29) is 59.1 Å². The number of benzene rings is 2. The molecule has 0 aromatic heterocycles. The van der Waals surface area contributed by atoms with Crippen LogP contribution in [0.3, 0.4) is 0 Å². The van der Waals surface area contributed by atoms with Gasteiger partial charge in [0.15, 0.2) is 0 Å². The summed E-state index contributed by atoms with van der Waals surface area (Å²) in [5, 5.41) is 0. The Balaban J connectivity index is -0.000000291. The Bertz CT molecular complexity index is 593. The van der Waals surface area contributed by atoms with Gasteiger partial charge in [-0.15, -0.1) is 46.4 Å². The Morgan fingerprint density at radius 2 is 0.840 bits per heavy atom. The molecule has 0 aliphatic rings. The van der Waals surface area contributed by atoms with Crippen LogP contribution in [0.25, 0.3) is 0 Å². The average Bonchev–Trinajstić information content (AvgIpc) is 2.48. The van der Waals surface area contributed by atoms with E-state index in [2.05, 4.69) is 0 Å². The van der Waals surface area contributed by atoms with Gasteiger partial charge in [-0.3, -0.25) is 8.42 Å². The van der Waals surface area contributed by atoms with Crippen molar-refractivity contribution in [3.63, 3.8) is 0 Å². The standard InChI is InChI=1S/2C7H6Cl2.2Na.H2O4S/c2*8-7(9)6-4-2-1-3-5-6;;;1-5(2,3)4/h2*1-5,7H;;;(H2,1,2,3,4)/q;;2*+1;/p-2. The second-order valence-electron chi connectivity index (χ2n) is 3.83. The SMILES string of the molecule is ClC(Cl)c1ccccc1.ClC(Cl)c1ccccc1.O=S(=O)([O-])[O-].[Na+].[Na+]. The Morgan fingerprint density at radius 3 is 0.960 bits per heavy atom. The molecule has 25 heavy (non-hydrogen) atoms. The van der Waals surface area contributed by atoms with Gasteiger partial charge in [0.25, 0.3) is 0 Å². The molecule has 2 aromatic carbocycles. The van der Waals surface area contributed by atoms with Crippen LogP contribution in [-0.4, -0.2) is 17.5 Å². The Labute approximate surface area is 212 Å². The molecule has 4 nitrogen and oxygen atoms in total. The van der Waals surface area contributed by atoms with Gasteiger partial charge in [0.05, 0.1) is 0 Å². The van der Waals surface area contributed by atoms with Crippen molar-refractivity contribution in [1.82, 2.24) is 0 Å². The van der Waals surface area contributed by atoms with Crippen LogP contribution in [0.15, 0.2) is 60.7 Å². The topological polar surface area (TPSA) is 80.3 Å². The van der Waals surface area contributed by atoms with Crippen LogP contribution in [0.1, 0.15) is 20.8 Å². The van der Waals surface area contributed by atoms with Crippen molar-refractivity contribution in [3.8, 4) is 0 Å². The number of alkyl halides is 4. The molecular weight excluding hydrogens is 452 g/mol. The van der Waals surface area contributed by atoms with Gasteiger partial charge < -0.3 is 9.11 Å². The molecule has 0 aliphatic carbocycles. The molecule has 0 saturated heterocycles. The zero-order chi connectivity index (χ0) is 17.9. The molecule has 0 N–H and O–H groups in total. The second-order valence-corrected chi connectivity index (χ2v) is 6.84. The zero-order valence-corrected chi connectivity index (χ0v) is 21.3. The molecule has 2 rings (SSSR count). The van der Waals surface area contributed by atoms with Gasteiger partial charge in [-0.1, -0.05) is 60.7 Å². The van der Waals surface area contributed by atoms with Crippen LogP contribution in [0.5, 0.6) is 0 Å². The normalized spacial score (nSPS) is 9.60. The molecule has 0 aliphatic heterocycles. The monoisotopic (exact) mass is 462 g/mol. The molecule has 0 amide bonds. The first-order valence-corrected chi connectivity index (χ1v) is 9.02. The minimum atomic E-state index is -5.17. The fraction of sp³-hybridized carbons (Fsp3) is 0.143. The molecule has 2 aromatic rings. The van der Waals surface area contributed by atoms with Crippen molar-refractivity contribution in [2.45, 2.75) is 9.67 Å². The van der Waals surface area contributed by atoms with Gasteiger partial charge in [0.1, 0.15) is 9.67 Å². The van der Waals surface area contributed by atoms with E-state index in [0.29, 0.717) is 0 Å². The molecule has 0 heterocycles. The van der Waals surface area contributed by atoms with E-state index in [1.54, 1.807) is 0 Å². The summed E-state index contributed by atoms with van der Waals surface area (Å²) in [6.45, 7) is 0. The van der Waals surface area contributed by atoms with Gasteiger partial charge >= 0.3 is 59.1 Å². The number of hydrogen-bond donors (Lipinski definition) is 0. The first-order valence-electron chi connectivity index (χ1n) is 5.94. The van der Waals surface area contributed by atoms with Crippen molar-refractivity contribution in [2.75, 3.05) is 0 Å². The van der Waals surface area contributed by atoms with Crippen LogP contribution in [-0.2, 0) is 10.4 Å². The summed E-state index contributed by atoms with van der Waals surface area (Å²) in [5.74, 6) is 0. The van der Waals surface area contributed by atoms with Gasteiger partial charge in [-0.2, -0.15) is 0 Å². The van der Waals surface area contributed by atoms with E-state index in [0.717, 1.165) is 11.1 Å². The summed E-state index contributed by atoms with van der Waals surface area (Å²) < 4.78 is 34.1. The van der Waals surface area contributed by atoms with Gasteiger partial charge in [-0.05, 0) is 11.1 Å². The fourth-order valence-electron chi connectivity index (χ4n) is 1.20. The average molecular weight is 464 g/mol. The van der Waals surface area contributed by atoms with E-state index >= 15 is 0 Å². The molecular formula is C14H12Cl4Na2O4S. The van der Waals surface area contributed by atoms with Gasteiger partial charge in [0.2, 0.25) is 0 Å². The van der Waals surface area contributed by atoms with Crippen molar-refractivity contribution in [2.24, 2.45) is 0 Å². The summed E-state index contributed by atoms with van der Waals surface area (Å²) in [5.41, 5.74) is 1.89. The minimum absolute atomic E-state index is 0. The van der Waals surface area contributed by atoms with Crippen molar-refractivity contribution in [3.05, 3.63) is 71.8 Å². The first-order chi connectivity index (χ1) is 10.6. The number of halogens is 4. The number of hydrogen-bond acceptors (Lipinski definition) is 4. The molecule has 128 valence electrons. The van der Waals surface area contributed by atoms with Crippen molar-refractivity contribution >= 4 is 56.8 Å². The quantitative estimate of drug-likeness (QED) is 0.247. The van der Waals surface area contributed by atoms with Crippen LogP contribution in [0, 0.1) is 0 Å². The Morgan fingerprint density at radius 1 is 0.640 bits per heavy atom. The third-order valence-electron chi connectivity index (χ3n) is 2.10. The zero-order valence-electron chi connectivity index (χ0n) is 13.5. The molecule has 0 bridgehead atoms. The molecule has 0 unspecified atom stereocenters. The first kappa shape index (κ1) is 31.2. The summed E-state index contributed by atoms with van der Waals surface area (Å²) >= 11 is 22.3. The van der Waals surface area contributed by atoms with E-state index in [9.17, 15) is 0 Å². The van der Waals surface area contributed by atoms with Gasteiger partial charge in [-0.25, -0.2) is 0 Å². The van der Waals surface area contributed by atoms with Crippen molar-refractivity contribution < 1.29 is 76.6 Å². The van der Waals surface area contributed by atoms with Crippen LogP contribution in [0.2, 0.25) is 0 Å². The van der Waals surface area contributed by atoms with Gasteiger partial charge in [0, 0.05) is 10.4 Å². The molecule has 0 fully saturated rings. The van der Waals surface area contributed by atoms with E-state index in [4.69, 9.17) is 63.9 Å². The number of rotatable bonds is 2. The smallest absolute Gasteiger partial charge is 0.759 e. The largest absolute Gasteiger partial charge is 1.00 e. The van der Waals surface area contributed by atoms with Crippen LogP contribution in [0.4, 0.5) is 0 Å². The molecule has 11 heteroatoms. The molecule has 0 atom stereocenters. The molecule has 0 saturated carbocycles. The van der Waals surface area contributed by atoms with E-state index < -0.39 is 20.1 Å². The molecule has 0 spiro atoms. The van der Waals surface area contributed by atoms with Crippen LogP contribution < -0.4 is 59.1 Å². The third kappa shape index (κ3) is 21.6. The summed E-state index contributed by atoms with van der Waals surface area (Å²) in [6, 6.07) is 19.1.